The van der Waals surface area contributed by atoms with E-state index in [2.05, 4.69) is 18.7 Å². The summed E-state index contributed by atoms with van der Waals surface area (Å²) in [5.41, 5.74) is 0. The predicted octanol–water partition coefficient (Wildman–Crippen LogP) is 0.550. The van der Waals surface area contributed by atoms with Crippen LogP contribution in [0, 0.1) is 13.3 Å². The van der Waals surface area contributed by atoms with E-state index in [1.807, 2.05) is 12.2 Å². The van der Waals surface area contributed by atoms with Crippen molar-refractivity contribution in [3.8, 4) is 0 Å². The first-order valence-electron chi connectivity index (χ1n) is 2.46. The molecule has 0 aliphatic carbocycles. The number of rotatable bonds is 1. The largest absolute Gasteiger partial charge is 0.385 e. The molecule has 1 unspecified atom stereocenters. The van der Waals surface area contributed by atoms with Gasteiger partial charge in [-0.3, -0.25) is 0 Å². The van der Waals surface area contributed by atoms with Crippen molar-refractivity contribution >= 4 is 0 Å². The van der Waals surface area contributed by atoms with Crippen molar-refractivity contribution in [2.24, 2.45) is 0 Å². The number of nitrogens with one attached hydrogen (secondary N) is 1. The Kier molecular flexibility index (Phi) is 4.93. The van der Waals surface area contributed by atoms with Crippen LogP contribution in [0.4, 0.5) is 0 Å². The zero-order chi connectivity index (χ0) is 5.11. The molecule has 0 spiro atoms. The Morgan fingerprint density at radius 3 is 2.50 bits per heavy atom. The molecule has 0 bridgehead atoms. The molecule has 0 aromatic heterocycles. The first-order valence-corrected chi connectivity index (χ1v) is 2.46. The third kappa shape index (κ3) is 2.30. The second-order valence-electron chi connectivity index (χ2n) is 1.60. The van der Waals surface area contributed by atoms with Gasteiger partial charge in [0.25, 0.3) is 0 Å². The van der Waals surface area contributed by atoms with Gasteiger partial charge in [-0.25, -0.2) is 19.1 Å². The molecule has 0 aromatic carbocycles. The Labute approximate surface area is 75.8 Å². The van der Waals surface area contributed by atoms with Gasteiger partial charge in [-0.1, -0.05) is 0 Å². The molecule has 1 saturated heterocycles. The summed E-state index contributed by atoms with van der Waals surface area (Å²) in [6.07, 6.45) is 6.04. The van der Waals surface area contributed by atoms with Crippen LogP contribution in [0.2, 0.25) is 0 Å². The normalized spacial score (nSPS) is 26.8. The minimum Gasteiger partial charge on any atom is -0.385 e. The molecule has 0 aromatic rings. The van der Waals surface area contributed by atoms with Gasteiger partial charge in [0.05, 0.1) is 0 Å². The summed E-state index contributed by atoms with van der Waals surface area (Å²) < 4.78 is 0. The van der Waals surface area contributed by atoms with Crippen molar-refractivity contribution in [2.45, 2.75) is 6.04 Å². The molecule has 43 valence electrons. The molecule has 1 N–H and O–H groups in total. The Balaban J connectivity index is 0.000000490. The van der Waals surface area contributed by atoms with Gasteiger partial charge in [-0.15, -0.1) is 6.54 Å². The predicted molar refractivity (Wildman–Crippen MR) is 30.6 cm³/mol. The van der Waals surface area contributed by atoms with Gasteiger partial charge < -0.3 is 11.7 Å². The fourth-order valence-corrected chi connectivity index (χ4v) is 0.547. The van der Waals surface area contributed by atoms with E-state index in [0.29, 0.717) is 6.04 Å². The summed E-state index contributed by atoms with van der Waals surface area (Å²) in [4.78, 5) is 0. The zero-order valence-electron chi connectivity index (χ0n) is 4.80. The second kappa shape index (κ2) is 4.54. The summed E-state index contributed by atoms with van der Waals surface area (Å²) in [7, 11) is 0. The van der Waals surface area contributed by atoms with Crippen molar-refractivity contribution in [1.82, 2.24) is 5.32 Å². The molecule has 0 amide bonds. The first-order chi connectivity index (χ1) is 3.43. The van der Waals surface area contributed by atoms with Crippen LogP contribution in [0.25, 0.3) is 0 Å². The third-order valence-corrected chi connectivity index (χ3v) is 1.07. The van der Waals surface area contributed by atoms with Crippen LogP contribution >= 0.6 is 0 Å². The second-order valence-corrected chi connectivity index (χ2v) is 1.60. The van der Waals surface area contributed by atoms with E-state index in [9.17, 15) is 0 Å². The molecule has 1 radical (unpaired) electrons. The van der Waals surface area contributed by atoms with Crippen molar-refractivity contribution in [3.05, 3.63) is 25.5 Å². The van der Waals surface area contributed by atoms with Crippen LogP contribution < -0.4 is 5.32 Å². The molecule has 1 atom stereocenters. The SMILES string of the molecule is [CH2-]/C=C\C1[CH-]CN1.[Y]. The summed E-state index contributed by atoms with van der Waals surface area (Å²) in [5, 5.41) is 3.16. The summed E-state index contributed by atoms with van der Waals surface area (Å²) in [6.45, 7) is 4.62. The van der Waals surface area contributed by atoms with E-state index in [-0.39, 0.29) is 32.7 Å². The molecule has 1 nitrogen and oxygen atoms in total. The Morgan fingerprint density at radius 2 is 2.38 bits per heavy atom. The smallest absolute Gasteiger partial charge is 0 e. The molecule has 0 saturated carbocycles. The quantitative estimate of drug-likeness (QED) is 0.587. The van der Waals surface area contributed by atoms with Crippen molar-refractivity contribution in [2.75, 3.05) is 6.54 Å². The molecule has 1 aliphatic heterocycles. The van der Waals surface area contributed by atoms with Gasteiger partial charge in [0.1, 0.15) is 0 Å². The van der Waals surface area contributed by atoms with Crippen LogP contribution in [-0.2, 0) is 32.7 Å². The van der Waals surface area contributed by atoms with Crippen LogP contribution in [0.5, 0.6) is 0 Å². The van der Waals surface area contributed by atoms with Crippen LogP contribution in [0.1, 0.15) is 0 Å². The average molecular weight is 184 g/mol. The standard InChI is InChI=1S/C6H9N.Y/c1-2-3-6-4-5-7-6;/h2-4,6-7H,1,5H2;/q-2;/b3-2-;. The van der Waals surface area contributed by atoms with Crippen molar-refractivity contribution in [3.63, 3.8) is 0 Å². The van der Waals surface area contributed by atoms with Gasteiger partial charge in [-0.05, 0) is 0 Å². The van der Waals surface area contributed by atoms with Gasteiger partial charge in [-0.2, -0.15) is 6.04 Å². The maximum absolute atomic E-state index is 3.57. The Hall–Kier alpha value is 0.674. The number of allylic oxidation sites excluding steroid dienone is 1. The topological polar surface area (TPSA) is 12.0 Å². The molecule has 1 heterocycles. The van der Waals surface area contributed by atoms with E-state index in [1.165, 1.54) is 0 Å². The molecular weight excluding hydrogens is 175 g/mol. The molecule has 1 aliphatic rings. The van der Waals surface area contributed by atoms with Gasteiger partial charge in [0.15, 0.2) is 0 Å². The fourth-order valence-electron chi connectivity index (χ4n) is 0.547. The number of hydrogen-bond donors (Lipinski definition) is 1. The van der Waals surface area contributed by atoms with E-state index in [1.54, 1.807) is 0 Å². The van der Waals surface area contributed by atoms with Crippen LogP contribution in [0.15, 0.2) is 12.2 Å². The van der Waals surface area contributed by atoms with E-state index in [0.717, 1.165) is 6.54 Å². The van der Waals surface area contributed by atoms with E-state index < -0.39 is 0 Å². The fraction of sp³-hybridized carbons (Fsp3) is 0.333. The van der Waals surface area contributed by atoms with Crippen molar-refractivity contribution < 1.29 is 32.7 Å². The average Bonchev–Trinajstić information content (AvgIpc) is 1.55. The van der Waals surface area contributed by atoms with E-state index >= 15 is 0 Å². The van der Waals surface area contributed by atoms with Gasteiger partial charge >= 0.3 is 0 Å². The number of hydrogen-bond acceptors (Lipinski definition) is 1. The van der Waals surface area contributed by atoms with E-state index in [4.69, 9.17) is 0 Å². The summed E-state index contributed by atoms with van der Waals surface area (Å²) in [5.74, 6) is 0. The van der Waals surface area contributed by atoms with Crippen LogP contribution in [0.3, 0.4) is 0 Å². The first kappa shape index (κ1) is 8.67. The summed E-state index contributed by atoms with van der Waals surface area (Å²) >= 11 is 0. The zero-order valence-corrected chi connectivity index (χ0v) is 7.64. The molecule has 1 fully saturated rings. The Morgan fingerprint density at radius 1 is 1.75 bits per heavy atom. The molecule has 8 heavy (non-hydrogen) atoms. The maximum atomic E-state index is 3.57. The summed E-state index contributed by atoms with van der Waals surface area (Å²) in [6, 6.07) is 0.512. The maximum Gasteiger partial charge on any atom is 0 e. The molecule has 1 rings (SSSR count). The Bertz CT molecular complexity index is 76.6. The van der Waals surface area contributed by atoms with Gasteiger partial charge in [0.2, 0.25) is 0 Å². The minimum atomic E-state index is 0. The molecule has 2 heteroatoms. The monoisotopic (exact) mass is 184 g/mol. The third-order valence-electron chi connectivity index (χ3n) is 1.07. The molecular formula is C6H9NY-2. The van der Waals surface area contributed by atoms with Crippen LogP contribution in [-0.4, -0.2) is 12.6 Å². The van der Waals surface area contributed by atoms with Gasteiger partial charge in [0, 0.05) is 32.7 Å². The van der Waals surface area contributed by atoms with Crippen molar-refractivity contribution in [1.29, 1.82) is 0 Å². The minimum absolute atomic E-state index is 0.